The molecule has 0 saturated carbocycles. The zero-order valence-corrected chi connectivity index (χ0v) is 11.5. The van der Waals surface area contributed by atoms with E-state index in [1.807, 2.05) is 25.1 Å². The molecule has 2 aromatic heterocycles. The van der Waals surface area contributed by atoms with Crippen LogP contribution < -0.4 is 0 Å². The Balaban J connectivity index is 1.73. The van der Waals surface area contributed by atoms with Gasteiger partial charge in [-0.05, 0) is 35.7 Å². The van der Waals surface area contributed by atoms with Crippen molar-refractivity contribution in [1.29, 1.82) is 0 Å². The van der Waals surface area contributed by atoms with Gasteiger partial charge in [0.2, 0.25) is 0 Å². The fourth-order valence-electron chi connectivity index (χ4n) is 2.11. The van der Waals surface area contributed by atoms with E-state index in [4.69, 9.17) is 4.74 Å². The number of aromatic amines is 1. The summed E-state index contributed by atoms with van der Waals surface area (Å²) in [5.41, 5.74) is 3.86. The number of aryl methyl sites for hydroxylation is 1. The van der Waals surface area contributed by atoms with Gasteiger partial charge in [-0.25, -0.2) is 4.79 Å². The zero-order chi connectivity index (χ0) is 14.7. The highest BCUT2D eigenvalue weighted by molar-refractivity contribution is 5.90. The molecule has 0 aliphatic heterocycles. The van der Waals surface area contributed by atoms with Gasteiger partial charge in [-0.3, -0.25) is 4.98 Å². The maximum absolute atomic E-state index is 12.1. The molecule has 21 heavy (non-hydrogen) atoms. The molecule has 0 unspecified atom stereocenters. The number of carbonyl (C=O) groups is 1. The summed E-state index contributed by atoms with van der Waals surface area (Å²) in [6.07, 6.45) is 4.03. The van der Waals surface area contributed by atoms with E-state index in [0.29, 0.717) is 5.56 Å². The molecule has 0 atom stereocenters. The second kappa shape index (κ2) is 5.70. The predicted octanol–water partition coefficient (Wildman–Crippen LogP) is 2.27. The molecular weight excluding hydrogens is 268 g/mol. The molecule has 1 aromatic carbocycles. The van der Waals surface area contributed by atoms with Crippen molar-refractivity contribution < 1.29 is 9.53 Å². The number of pyridine rings is 1. The van der Waals surface area contributed by atoms with Crippen LogP contribution in [0.2, 0.25) is 0 Å². The van der Waals surface area contributed by atoms with Crippen LogP contribution in [0.25, 0.3) is 11.0 Å². The minimum atomic E-state index is -0.338. The molecule has 0 radical (unpaired) electrons. The van der Waals surface area contributed by atoms with Gasteiger partial charge in [-0.2, -0.15) is 15.4 Å². The van der Waals surface area contributed by atoms with E-state index < -0.39 is 0 Å². The van der Waals surface area contributed by atoms with Crippen LogP contribution in [-0.4, -0.2) is 26.4 Å². The Bertz CT molecular complexity index is 782. The molecule has 2 heterocycles. The zero-order valence-electron chi connectivity index (χ0n) is 11.5. The van der Waals surface area contributed by atoms with Crippen LogP contribution >= 0.6 is 0 Å². The van der Waals surface area contributed by atoms with Crippen LogP contribution in [0.15, 0.2) is 36.7 Å². The third kappa shape index (κ3) is 2.74. The van der Waals surface area contributed by atoms with Crippen molar-refractivity contribution in [2.45, 2.75) is 20.0 Å². The van der Waals surface area contributed by atoms with Crippen molar-refractivity contribution >= 4 is 17.0 Å². The lowest BCUT2D eigenvalue weighted by atomic mass is 10.1. The SMILES string of the molecule is CCc1cnccc1C(=O)OCc1ccc2n[nH]nc2c1. The van der Waals surface area contributed by atoms with Crippen molar-refractivity contribution in [1.82, 2.24) is 20.4 Å². The van der Waals surface area contributed by atoms with Crippen LogP contribution in [0.3, 0.4) is 0 Å². The van der Waals surface area contributed by atoms with Crippen molar-refractivity contribution in [2.75, 3.05) is 0 Å². The highest BCUT2D eigenvalue weighted by Crippen LogP contribution is 2.14. The van der Waals surface area contributed by atoms with Crippen LogP contribution in [0.4, 0.5) is 0 Å². The topological polar surface area (TPSA) is 80.8 Å². The monoisotopic (exact) mass is 282 g/mol. The van der Waals surface area contributed by atoms with E-state index in [-0.39, 0.29) is 12.6 Å². The summed E-state index contributed by atoms with van der Waals surface area (Å²) in [4.78, 5) is 16.1. The van der Waals surface area contributed by atoms with Crippen LogP contribution in [0, 0.1) is 0 Å². The first-order valence-corrected chi connectivity index (χ1v) is 6.67. The summed E-state index contributed by atoms with van der Waals surface area (Å²) < 4.78 is 5.36. The molecule has 6 heteroatoms. The van der Waals surface area contributed by atoms with Gasteiger partial charge in [0, 0.05) is 12.4 Å². The summed E-state index contributed by atoms with van der Waals surface area (Å²) in [7, 11) is 0. The molecule has 3 aromatic rings. The third-order valence-corrected chi connectivity index (χ3v) is 3.26. The third-order valence-electron chi connectivity index (χ3n) is 3.26. The van der Waals surface area contributed by atoms with Gasteiger partial charge in [0.05, 0.1) is 5.56 Å². The number of aromatic nitrogens is 4. The van der Waals surface area contributed by atoms with Crippen LogP contribution in [0.1, 0.15) is 28.4 Å². The fourth-order valence-corrected chi connectivity index (χ4v) is 2.11. The van der Waals surface area contributed by atoms with Gasteiger partial charge in [0.1, 0.15) is 17.6 Å². The highest BCUT2D eigenvalue weighted by Gasteiger charge is 2.12. The number of ether oxygens (including phenoxy) is 1. The van der Waals surface area contributed by atoms with E-state index in [0.717, 1.165) is 28.6 Å². The first-order valence-electron chi connectivity index (χ1n) is 6.67. The smallest absolute Gasteiger partial charge is 0.338 e. The Kier molecular flexibility index (Phi) is 3.59. The maximum atomic E-state index is 12.1. The largest absolute Gasteiger partial charge is 0.457 e. The molecular formula is C15H14N4O2. The van der Waals surface area contributed by atoms with Gasteiger partial charge in [-0.1, -0.05) is 13.0 Å². The van der Waals surface area contributed by atoms with E-state index >= 15 is 0 Å². The highest BCUT2D eigenvalue weighted by atomic mass is 16.5. The molecule has 0 saturated heterocycles. The average Bonchev–Trinajstić information content (AvgIpc) is 3.00. The van der Waals surface area contributed by atoms with Crippen LogP contribution in [-0.2, 0) is 17.8 Å². The normalized spacial score (nSPS) is 10.7. The predicted molar refractivity (Wildman–Crippen MR) is 76.6 cm³/mol. The Labute approximate surface area is 121 Å². The molecule has 0 aliphatic rings. The van der Waals surface area contributed by atoms with Gasteiger partial charge in [0.15, 0.2) is 0 Å². The van der Waals surface area contributed by atoms with E-state index in [1.165, 1.54) is 0 Å². The first-order chi connectivity index (χ1) is 10.3. The average molecular weight is 282 g/mol. The summed E-state index contributed by atoms with van der Waals surface area (Å²) in [6.45, 7) is 2.18. The molecule has 106 valence electrons. The summed E-state index contributed by atoms with van der Waals surface area (Å²) in [6, 6.07) is 7.23. The second-order valence-electron chi connectivity index (χ2n) is 4.61. The van der Waals surface area contributed by atoms with Crippen molar-refractivity contribution in [3.8, 4) is 0 Å². The summed E-state index contributed by atoms with van der Waals surface area (Å²) in [5.74, 6) is -0.338. The summed E-state index contributed by atoms with van der Waals surface area (Å²) >= 11 is 0. The molecule has 3 rings (SSSR count). The van der Waals surface area contributed by atoms with Gasteiger partial charge in [-0.15, -0.1) is 0 Å². The van der Waals surface area contributed by atoms with Gasteiger partial charge >= 0.3 is 5.97 Å². The maximum Gasteiger partial charge on any atom is 0.338 e. The Hall–Kier alpha value is -2.76. The molecule has 0 amide bonds. The lowest BCUT2D eigenvalue weighted by Gasteiger charge is -2.07. The number of rotatable bonds is 4. The molecule has 6 nitrogen and oxygen atoms in total. The quantitative estimate of drug-likeness (QED) is 0.742. The Morgan fingerprint density at radius 1 is 1.24 bits per heavy atom. The number of fused-ring (bicyclic) bond motifs is 1. The standard InChI is InChI=1S/C15H14N4O2/c1-2-11-8-16-6-5-12(11)15(20)21-9-10-3-4-13-14(7-10)18-19-17-13/h3-8H,2,9H2,1H3,(H,17,18,19). The van der Waals surface area contributed by atoms with E-state index in [2.05, 4.69) is 20.4 Å². The number of esters is 1. The number of hydrogen-bond acceptors (Lipinski definition) is 5. The van der Waals surface area contributed by atoms with Gasteiger partial charge in [0.25, 0.3) is 0 Å². The number of benzene rings is 1. The Morgan fingerprint density at radius 2 is 2.10 bits per heavy atom. The van der Waals surface area contributed by atoms with Gasteiger partial charge < -0.3 is 4.74 Å². The van der Waals surface area contributed by atoms with Crippen LogP contribution in [0.5, 0.6) is 0 Å². The molecule has 1 N–H and O–H groups in total. The van der Waals surface area contributed by atoms with Crippen molar-refractivity contribution in [3.05, 3.63) is 53.3 Å². The first kappa shape index (κ1) is 13.2. The molecule has 0 bridgehead atoms. The van der Waals surface area contributed by atoms with Crippen molar-refractivity contribution in [2.24, 2.45) is 0 Å². The minimum Gasteiger partial charge on any atom is -0.457 e. The lowest BCUT2D eigenvalue weighted by molar-refractivity contribution is 0.0471. The van der Waals surface area contributed by atoms with E-state index in [1.54, 1.807) is 18.5 Å². The number of H-pyrrole nitrogens is 1. The lowest BCUT2D eigenvalue weighted by Crippen LogP contribution is -2.08. The number of nitrogens with one attached hydrogen (secondary N) is 1. The second-order valence-corrected chi connectivity index (χ2v) is 4.61. The fraction of sp³-hybridized carbons (Fsp3) is 0.200. The molecule has 0 aliphatic carbocycles. The number of carbonyl (C=O) groups excluding carboxylic acids is 1. The molecule has 0 spiro atoms. The van der Waals surface area contributed by atoms with E-state index in [9.17, 15) is 4.79 Å². The molecule has 0 fully saturated rings. The number of nitrogens with zero attached hydrogens (tertiary/aromatic N) is 3. The van der Waals surface area contributed by atoms with Crippen molar-refractivity contribution in [3.63, 3.8) is 0 Å². The Morgan fingerprint density at radius 3 is 2.95 bits per heavy atom. The number of hydrogen-bond donors (Lipinski definition) is 1. The minimum absolute atomic E-state index is 0.201. The summed E-state index contributed by atoms with van der Waals surface area (Å²) in [5, 5.41) is 10.5.